The van der Waals surface area contributed by atoms with Gasteiger partial charge in [-0.3, -0.25) is 0 Å². The zero-order valence-electron chi connectivity index (χ0n) is 11.3. The average Bonchev–Trinajstić information content (AvgIpc) is 2.44. The van der Waals surface area contributed by atoms with Crippen LogP contribution in [0, 0.1) is 0 Å². The van der Waals surface area contributed by atoms with Crippen molar-refractivity contribution in [3.8, 4) is 0 Å². The van der Waals surface area contributed by atoms with E-state index in [0.717, 1.165) is 24.4 Å². The maximum absolute atomic E-state index is 6.03. The van der Waals surface area contributed by atoms with E-state index in [2.05, 4.69) is 47.8 Å². The van der Waals surface area contributed by atoms with Gasteiger partial charge in [0.05, 0.1) is 0 Å². The number of halogens is 1. The van der Waals surface area contributed by atoms with E-state index in [1.54, 1.807) is 0 Å². The molecular formula is C17H20ClN. The molecule has 0 bridgehead atoms. The largest absolute Gasteiger partial charge is 0.319 e. The molecule has 0 aliphatic heterocycles. The monoisotopic (exact) mass is 273 g/mol. The molecule has 0 saturated heterocycles. The van der Waals surface area contributed by atoms with Gasteiger partial charge in [-0.1, -0.05) is 54.1 Å². The highest BCUT2D eigenvalue weighted by Crippen LogP contribution is 2.22. The molecule has 0 aromatic heterocycles. The van der Waals surface area contributed by atoms with Crippen LogP contribution in [-0.4, -0.2) is 13.6 Å². The number of hydrogen-bond donors (Lipinski definition) is 1. The summed E-state index contributed by atoms with van der Waals surface area (Å²) in [7, 11) is 2.01. The summed E-state index contributed by atoms with van der Waals surface area (Å²) in [4.78, 5) is 0. The van der Waals surface area contributed by atoms with Crippen LogP contribution >= 0.6 is 11.6 Å². The van der Waals surface area contributed by atoms with Gasteiger partial charge in [0.2, 0.25) is 0 Å². The van der Waals surface area contributed by atoms with Crippen molar-refractivity contribution in [2.75, 3.05) is 13.6 Å². The molecule has 1 N–H and O–H groups in total. The van der Waals surface area contributed by atoms with Gasteiger partial charge in [0.25, 0.3) is 0 Å². The predicted molar refractivity (Wildman–Crippen MR) is 82.9 cm³/mol. The smallest absolute Gasteiger partial charge is 0.0408 e. The Labute approximate surface area is 120 Å². The molecule has 2 aromatic rings. The van der Waals surface area contributed by atoms with Crippen molar-refractivity contribution in [2.45, 2.75) is 18.8 Å². The fourth-order valence-corrected chi connectivity index (χ4v) is 2.60. The summed E-state index contributed by atoms with van der Waals surface area (Å²) in [5.74, 6) is 0.546. The lowest BCUT2D eigenvalue weighted by molar-refractivity contribution is 0.584. The van der Waals surface area contributed by atoms with Crippen molar-refractivity contribution in [3.05, 3.63) is 70.7 Å². The number of rotatable bonds is 6. The molecule has 0 heterocycles. The van der Waals surface area contributed by atoms with Crippen LogP contribution in [0.15, 0.2) is 54.6 Å². The third kappa shape index (κ3) is 4.38. The minimum Gasteiger partial charge on any atom is -0.319 e. The van der Waals surface area contributed by atoms with Crippen molar-refractivity contribution < 1.29 is 0 Å². The molecule has 0 aliphatic carbocycles. The Morgan fingerprint density at radius 3 is 2.53 bits per heavy atom. The highest BCUT2D eigenvalue weighted by Gasteiger charge is 2.10. The van der Waals surface area contributed by atoms with Crippen molar-refractivity contribution in [1.82, 2.24) is 5.32 Å². The van der Waals surface area contributed by atoms with Crippen LogP contribution < -0.4 is 5.32 Å². The van der Waals surface area contributed by atoms with Crippen LogP contribution in [0.1, 0.15) is 23.5 Å². The topological polar surface area (TPSA) is 12.0 Å². The highest BCUT2D eigenvalue weighted by atomic mass is 35.5. The van der Waals surface area contributed by atoms with E-state index >= 15 is 0 Å². The second kappa shape index (κ2) is 7.32. The van der Waals surface area contributed by atoms with Crippen LogP contribution in [0.3, 0.4) is 0 Å². The normalized spacial score (nSPS) is 12.3. The molecule has 1 nitrogen and oxygen atoms in total. The lowest BCUT2D eigenvalue weighted by Gasteiger charge is -2.17. The second-order valence-corrected chi connectivity index (χ2v) is 5.27. The van der Waals surface area contributed by atoms with E-state index in [1.165, 1.54) is 11.1 Å². The molecule has 2 aromatic carbocycles. The van der Waals surface area contributed by atoms with Gasteiger partial charge in [-0.05, 0) is 49.1 Å². The summed E-state index contributed by atoms with van der Waals surface area (Å²) in [5.41, 5.74) is 2.71. The third-order valence-electron chi connectivity index (χ3n) is 3.39. The van der Waals surface area contributed by atoms with E-state index in [0.29, 0.717) is 5.92 Å². The number of aryl methyl sites for hydroxylation is 1. The summed E-state index contributed by atoms with van der Waals surface area (Å²) < 4.78 is 0. The zero-order chi connectivity index (χ0) is 13.5. The van der Waals surface area contributed by atoms with Gasteiger partial charge in [-0.15, -0.1) is 0 Å². The van der Waals surface area contributed by atoms with Crippen LogP contribution in [0.5, 0.6) is 0 Å². The molecule has 0 saturated carbocycles. The van der Waals surface area contributed by atoms with E-state index < -0.39 is 0 Å². The maximum Gasteiger partial charge on any atom is 0.0408 e. The first-order valence-electron chi connectivity index (χ1n) is 6.73. The van der Waals surface area contributed by atoms with Crippen LogP contribution in [0.2, 0.25) is 5.02 Å². The minimum absolute atomic E-state index is 0.546. The first-order valence-corrected chi connectivity index (χ1v) is 7.11. The lowest BCUT2D eigenvalue weighted by Crippen LogP contribution is -2.17. The first-order chi connectivity index (χ1) is 9.29. The summed E-state index contributed by atoms with van der Waals surface area (Å²) in [6.45, 7) is 1.00. The predicted octanol–water partition coefficient (Wildman–Crippen LogP) is 4.28. The molecule has 1 unspecified atom stereocenters. The van der Waals surface area contributed by atoms with E-state index in [1.807, 2.05) is 19.2 Å². The SMILES string of the molecule is CNCC(CCc1cccc(Cl)c1)c1ccccc1. The van der Waals surface area contributed by atoms with Crippen molar-refractivity contribution in [1.29, 1.82) is 0 Å². The Balaban J connectivity index is 2.01. The number of hydrogen-bond acceptors (Lipinski definition) is 1. The van der Waals surface area contributed by atoms with E-state index in [4.69, 9.17) is 11.6 Å². The fraction of sp³-hybridized carbons (Fsp3) is 0.294. The molecule has 0 spiro atoms. The van der Waals surface area contributed by atoms with Crippen LogP contribution in [-0.2, 0) is 6.42 Å². The Bertz CT molecular complexity index is 496. The summed E-state index contributed by atoms with van der Waals surface area (Å²) in [6.07, 6.45) is 2.19. The standard InChI is InChI=1S/C17H20ClN/c1-19-13-16(15-7-3-2-4-8-15)11-10-14-6-5-9-17(18)12-14/h2-9,12,16,19H,10-11,13H2,1H3. The molecule has 0 radical (unpaired) electrons. The third-order valence-corrected chi connectivity index (χ3v) is 3.63. The highest BCUT2D eigenvalue weighted by molar-refractivity contribution is 6.30. The van der Waals surface area contributed by atoms with Gasteiger partial charge < -0.3 is 5.32 Å². The average molecular weight is 274 g/mol. The summed E-state index contributed by atoms with van der Waals surface area (Å²) >= 11 is 6.03. The molecular weight excluding hydrogens is 254 g/mol. The lowest BCUT2D eigenvalue weighted by atomic mass is 9.92. The second-order valence-electron chi connectivity index (χ2n) is 4.83. The quantitative estimate of drug-likeness (QED) is 0.829. The van der Waals surface area contributed by atoms with Gasteiger partial charge in [0.15, 0.2) is 0 Å². The molecule has 1 atom stereocenters. The Morgan fingerprint density at radius 1 is 1.05 bits per heavy atom. The molecule has 0 amide bonds. The van der Waals surface area contributed by atoms with Crippen LogP contribution in [0.25, 0.3) is 0 Å². The summed E-state index contributed by atoms with van der Waals surface area (Å²) in [5, 5.41) is 4.11. The van der Waals surface area contributed by atoms with Gasteiger partial charge in [0, 0.05) is 11.6 Å². The maximum atomic E-state index is 6.03. The van der Waals surface area contributed by atoms with Gasteiger partial charge in [0.1, 0.15) is 0 Å². The number of benzene rings is 2. The molecule has 100 valence electrons. The van der Waals surface area contributed by atoms with E-state index in [-0.39, 0.29) is 0 Å². The summed E-state index contributed by atoms with van der Waals surface area (Å²) in [6, 6.07) is 18.8. The van der Waals surface area contributed by atoms with Gasteiger partial charge in [-0.25, -0.2) is 0 Å². The molecule has 0 fully saturated rings. The Kier molecular flexibility index (Phi) is 5.44. The zero-order valence-corrected chi connectivity index (χ0v) is 12.0. The molecule has 0 aliphatic rings. The number of nitrogens with one attached hydrogen (secondary N) is 1. The molecule has 19 heavy (non-hydrogen) atoms. The Morgan fingerprint density at radius 2 is 1.84 bits per heavy atom. The van der Waals surface area contributed by atoms with Gasteiger partial charge >= 0.3 is 0 Å². The van der Waals surface area contributed by atoms with Crippen LogP contribution in [0.4, 0.5) is 0 Å². The van der Waals surface area contributed by atoms with Crippen molar-refractivity contribution >= 4 is 11.6 Å². The number of likely N-dealkylation sites (N-methyl/N-ethyl adjacent to an activating group) is 1. The van der Waals surface area contributed by atoms with E-state index in [9.17, 15) is 0 Å². The minimum atomic E-state index is 0.546. The van der Waals surface area contributed by atoms with Crippen molar-refractivity contribution in [3.63, 3.8) is 0 Å². The van der Waals surface area contributed by atoms with Gasteiger partial charge in [-0.2, -0.15) is 0 Å². The molecule has 2 rings (SSSR count). The fourth-order valence-electron chi connectivity index (χ4n) is 2.39. The van der Waals surface area contributed by atoms with Crippen molar-refractivity contribution in [2.24, 2.45) is 0 Å². The molecule has 2 heteroatoms. The Hall–Kier alpha value is -1.31. The first kappa shape index (κ1) is 14.1.